The van der Waals surface area contributed by atoms with E-state index in [2.05, 4.69) is 4.90 Å². The summed E-state index contributed by atoms with van der Waals surface area (Å²) in [4.78, 5) is 16.5. The van der Waals surface area contributed by atoms with Crippen molar-refractivity contribution >= 4 is 17.5 Å². The molecule has 3 aliphatic rings. The monoisotopic (exact) mass is 500 g/mol. The molecular formula is C27H33ClN2O5. The van der Waals surface area contributed by atoms with Crippen LogP contribution in [0, 0.1) is 0 Å². The average Bonchev–Trinajstić information content (AvgIpc) is 3.43. The molecule has 1 spiro atoms. The van der Waals surface area contributed by atoms with Crippen LogP contribution in [0.2, 0.25) is 5.02 Å². The number of hydrogen-bond acceptors (Lipinski definition) is 6. The molecule has 5 rings (SSSR count). The third-order valence-electron chi connectivity index (χ3n) is 7.36. The van der Waals surface area contributed by atoms with Crippen LogP contribution in [-0.4, -0.2) is 83.1 Å². The van der Waals surface area contributed by atoms with Crippen LogP contribution >= 0.6 is 11.6 Å². The number of piperidine rings is 1. The molecule has 2 saturated heterocycles. The number of hydrogen-bond donors (Lipinski definition) is 2. The maximum absolute atomic E-state index is 12.6. The lowest BCUT2D eigenvalue weighted by Gasteiger charge is -2.39. The smallest absolute Gasteiger partial charge is 0.227 e. The molecule has 2 N–H and O–H groups in total. The van der Waals surface area contributed by atoms with Gasteiger partial charge in [0.25, 0.3) is 0 Å². The number of aliphatic hydroxyl groups excluding tert-OH is 2. The topological polar surface area (TPSA) is 82.5 Å². The van der Waals surface area contributed by atoms with Crippen molar-refractivity contribution in [3.8, 4) is 11.5 Å². The Kier molecular flexibility index (Phi) is 7.21. The first kappa shape index (κ1) is 24.4. The minimum absolute atomic E-state index is 0.0149. The molecule has 0 aromatic heterocycles. The van der Waals surface area contributed by atoms with Crippen molar-refractivity contribution < 1.29 is 24.5 Å². The number of ether oxygens (including phenoxy) is 2. The van der Waals surface area contributed by atoms with E-state index in [0.717, 1.165) is 48.7 Å². The Hall–Kier alpha value is -2.32. The van der Waals surface area contributed by atoms with Crippen LogP contribution in [0.3, 0.4) is 0 Å². The number of carbonyl (C=O) groups is 1. The van der Waals surface area contributed by atoms with Gasteiger partial charge in [0, 0.05) is 62.6 Å². The van der Waals surface area contributed by atoms with Crippen LogP contribution in [0.4, 0.5) is 0 Å². The van der Waals surface area contributed by atoms with Crippen molar-refractivity contribution in [2.75, 3.05) is 39.3 Å². The average molecular weight is 501 g/mol. The second kappa shape index (κ2) is 10.3. The van der Waals surface area contributed by atoms with Crippen LogP contribution in [0.15, 0.2) is 42.5 Å². The van der Waals surface area contributed by atoms with Crippen LogP contribution < -0.4 is 9.47 Å². The van der Waals surface area contributed by atoms with Crippen LogP contribution in [-0.2, 0) is 17.6 Å². The molecule has 0 radical (unpaired) electrons. The van der Waals surface area contributed by atoms with E-state index in [1.54, 1.807) is 4.90 Å². The highest BCUT2D eigenvalue weighted by Gasteiger charge is 2.42. The summed E-state index contributed by atoms with van der Waals surface area (Å²) in [5, 5.41) is 21.1. The summed E-state index contributed by atoms with van der Waals surface area (Å²) < 4.78 is 12.3. The zero-order chi connectivity index (χ0) is 24.4. The van der Waals surface area contributed by atoms with Gasteiger partial charge in [0.15, 0.2) is 0 Å². The highest BCUT2D eigenvalue weighted by molar-refractivity contribution is 6.30. The van der Waals surface area contributed by atoms with E-state index in [1.807, 2.05) is 42.5 Å². The summed E-state index contributed by atoms with van der Waals surface area (Å²) in [5.41, 5.74) is 1.81. The van der Waals surface area contributed by atoms with Gasteiger partial charge < -0.3 is 29.5 Å². The standard InChI is InChI=1S/C27H33ClN2O5/c28-21-5-6-25-20(13-21)15-27(35-25)8-11-29(12-9-27)16-23(32)18-34-24-4-2-1-3-19(24)14-26(33)30-10-7-22(31)17-30/h1-6,13,22-23,31-32H,7-12,14-18H2/t22-,23-/m0/s1. The number of carbonyl (C=O) groups excluding carboxylic acids is 1. The van der Waals surface area contributed by atoms with Gasteiger partial charge in [0.1, 0.15) is 29.8 Å². The van der Waals surface area contributed by atoms with Crippen molar-refractivity contribution in [1.82, 2.24) is 9.80 Å². The molecule has 0 bridgehead atoms. The van der Waals surface area contributed by atoms with Crippen LogP contribution in [0.1, 0.15) is 30.4 Å². The number of likely N-dealkylation sites (tertiary alicyclic amines) is 2. The van der Waals surface area contributed by atoms with Gasteiger partial charge in [-0.3, -0.25) is 4.79 Å². The quantitative estimate of drug-likeness (QED) is 0.608. The molecule has 2 atom stereocenters. The molecule has 0 saturated carbocycles. The third-order valence-corrected chi connectivity index (χ3v) is 7.59. The first-order valence-electron chi connectivity index (χ1n) is 12.4. The number of benzene rings is 2. The lowest BCUT2D eigenvalue weighted by atomic mass is 9.87. The molecule has 7 nitrogen and oxygen atoms in total. The lowest BCUT2D eigenvalue weighted by Crippen LogP contribution is -2.49. The van der Waals surface area contributed by atoms with Gasteiger partial charge in [-0.05, 0) is 36.2 Å². The Bertz CT molecular complexity index is 1060. The van der Waals surface area contributed by atoms with Crippen molar-refractivity contribution in [3.05, 3.63) is 58.6 Å². The molecule has 8 heteroatoms. The minimum Gasteiger partial charge on any atom is -0.491 e. The molecule has 35 heavy (non-hydrogen) atoms. The Balaban J connectivity index is 1.09. The van der Waals surface area contributed by atoms with Gasteiger partial charge in [-0.2, -0.15) is 0 Å². The van der Waals surface area contributed by atoms with Crippen LogP contribution in [0.25, 0.3) is 0 Å². The van der Waals surface area contributed by atoms with Gasteiger partial charge in [-0.25, -0.2) is 0 Å². The molecule has 3 aliphatic heterocycles. The summed E-state index contributed by atoms with van der Waals surface area (Å²) in [5.74, 6) is 1.54. The molecule has 2 aromatic rings. The number of nitrogens with zero attached hydrogens (tertiary/aromatic N) is 2. The fraction of sp³-hybridized carbons (Fsp3) is 0.519. The Morgan fingerprint density at radius 2 is 2.00 bits per heavy atom. The highest BCUT2D eigenvalue weighted by Crippen LogP contribution is 2.41. The van der Waals surface area contributed by atoms with Gasteiger partial charge in [0.05, 0.1) is 12.5 Å². The zero-order valence-corrected chi connectivity index (χ0v) is 20.6. The minimum atomic E-state index is -0.637. The van der Waals surface area contributed by atoms with E-state index in [4.69, 9.17) is 21.1 Å². The normalized spacial score (nSPS) is 22.1. The van der Waals surface area contributed by atoms with Crippen molar-refractivity contribution in [2.45, 2.75) is 49.9 Å². The Morgan fingerprint density at radius 1 is 1.20 bits per heavy atom. The second-order valence-electron chi connectivity index (χ2n) is 10.0. The first-order chi connectivity index (χ1) is 16.9. The molecule has 2 fully saturated rings. The Labute approximate surface area is 211 Å². The van der Waals surface area contributed by atoms with E-state index in [1.165, 1.54) is 5.56 Å². The number of fused-ring (bicyclic) bond motifs is 1. The fourth-order valence-corrected chi connectivity index (χ4v) is 5.59. The van der Waals surface area contributed by atoms with E-state index in [-0.39, 0.29) is 24.5 Å². The zero-order valence-electron chi connectivity index (χ0n) is 19.9. The van der Waals surface area contributed by atoms with E-state index < -0.39 is 12.2 Å². The summed E-state index contributed by atoms with van der Waals surface area (Å²) in [6.07, 6.45) is 2.48. The fourth-order valence-electron chi connectivity index (χ4n) is 5.39. The van der Waals surface area contributed by atoms with E-state index >= 15 is 0 Å². The predicted octanol–water partition coefficient (Wildman–Crippen LogP) is 2.69. The number of rotatable bonds is 7. The molecular weight excluding hydrogens is 468 g/mol. The summed E-state index contributed by atoms with van der Waals surface area (Å²) in [7, 11) is 0. The highest BCUT2D eigenvalue weighted by atomic mass is 35.5. The maximum atomic E-state index is 12.6. The number of para-hydroxylation sites is 1. The van der Waals surface area contributed by atoms with Gasteiger partial charge in [-0.15, -0.1) is 0 Å². The SMILES string of the molecule is O=C(Cc1ccccc1OC[C@@H](O)CN1CCC2(CC1)Cc1cc(Cl)ccc1O2)N1CC[C@H](O)C1. The van der Waals surface area contributed by atoms with Gasteiger partial charge in [-0.1, -0.05) is 29.8 Å². The summed E-state index contributed by atoms with van der Waals surface area (Å²) in [6.45, 7) is 3.38. The molecule has 3 heterocycles. The number of amides is 1. The predicted molar refractivity (Wildman–Crippen MR) is 133 cm³/mol. The summed E-state index contributed by atoms with van der Waals surface area (Å²) in [6, 6.07) is 13.3. The van der Waals surface area contributed by atoms with Crippen LogP contribution in [0.5, 0.6) is 11.5 Å². The molecule has 0 unspecified atom stereocenters. The van der Waals surface area contributed by atoms with E-state index in [9.17, 15) is 15.0 Å². The van der Waals surface area contributed by atoms with Crippen molar-refractivity contribution in [3.63, 3.8) is 0 Å². The van der Waals surface area contributed by atoms with Gasteiger partial charge in [0.2, 0.25) is 5.91 Å². The first-order valence-corrected chi connectivity index (χ1v) is 12.8. The summed E-state index contributed by atoms with van der Waals surface area (Å²) >= 11 is 6.14. The van der Waals surface area contributed by atoms with Gasteiger partial charge >= 0.3 is 0 Å². The molecule has 1 amide bonds. The number of β-amino-alcohol motifs (C(OH)–C–C–N with tert-alkyl or cyclic N) is 2. The van der Waals surface area contributed by atoms with Crippen molar-refractivity contribution in [2.24, 2.45) is 0 Å². The van der Waals surface area contributed by atoms with E-state index in [0.29, 0.717) is 31.8 Å². The molecule has 2 aromatic carbocycles. The molecule has 188 valence electrons. The number of aliphatic hydroxyl groups is 2. The Morgan fingerprint density at radius 3 is 2.77 bits per heavy atom. The number of halogens is 1. The second-order valence-corrected chi connectivity index (χ2v) is 10.5. The largest absolute Gasteiger partial charge is 0.491 e. The van der Waals surface area contributed by atoms with Crippen molar-refractivity contribution in [1.29, 1.82) is 0 Å². The third kappa shape index (κ3) is 5.75. The maximum Gasteiger partial charge on any atom is 0.227 e. The molecule has 0 aliphatic carbocycles. The lowest BCUT2D eigenvalue weighted by molar-refractivity contribution is -0.129.